The van der Waals surface area contributed by atoms with Crippen LogP contribution in [0.4, 0.5) is 0 Å². The molecule has 0 aliphatic carbocycles. The number of furan rings is 1. The Morgan fingerprint density at radius 2 is 2.21 bits per heavy atom. The summed E-state index contributed by atoms with van der Waals surface area (Å²) in [5.41, 5.74) is 2.59. The van der Waals surface area contributed by atoms with Gasteiger partial charge in [0, 0.05) is 30.6 Å². The number of hydrogen-bond acceptors (Lipinski definition) is 4. The van der Waals surface area contributed by atoms with Gasteiger partial charge in [0.05, 0.1) is 7.11 Å². The lowest BCUT2D eigenvalue weighted by Gasteiger charge is -2.15. The van der Waals surface area contributed by atoms with Gasteiger partial charge >= 0.3 is 0 Å². The molecule has 0 spiro atoms. The predicted octanol–water partition coefficient (Wildman–Crippen LogP) is 3.29. The lowest BCUT2D eigenvalue weighted by atomic mass is 10.0. The number of fused-ring (bicyclic) bond motifs is 1. The standard InChI is InChI=1S/C19H25NO4/c1-12-9-15-13(2)17(24-18(15)16(10-12)23-3)19(22)20-7-6-14(11-20)5-4-8-21/h9-10,14,21H,4-8,11H2,1-3H3. The Balaban J connectivity index is 1.87. The fourth-order valence-electron chi connectivity index (χ4n) is 3.56. The van der Waals surface area contributed by atoms with Crippen LogP contribution >= 0.6 is 0 Å². The summed E-state index contributed by atoms with van der Waals surface area (Å²) in [6, 6.07) is 3.95. The maximum Gasteiger partial charge on any atom is 0.289 e. The number of benzene rings is 1. The highest BCUT2D eigenvalue weighted by atomic mass is 16.5. The van der Waals surface area contributed by atoms with Gasteiger partial charge in [0.2, 0.25) is 0 Å². The van der Waals surface area contributed by atoms with Gasteiger partial charge < -0.3 is 19.2 Å². The second kappa shape index (κ2) is 6.85. The summed E-state index contributed by atoms with van der Waals surface area (Å²) in [4.78, 5) is 14.8. The highest BCUT2D eigenvalue weighted by molar-refractivity contribution is 6.00. The van der Waals surface area contributed by atoms with Crippen LogP contribution in [0.5, 0.6) is 5.75 Å². The van der Waals surface area contributed by atoms with E-state index >= 15 is 0 Å². The predicted molar refractivity (Wildman–Crippen MR) is 92.6 cm³/mol. The molecule has 2 heterocycles. The van der Waals surface area contributed by atoms with Crippen LogP contribution in [0.15, 0.2) is 16.5 Å². The third-order valence-electron chi connectivity index (χ3n) is 4.91. The number of aliphatic hydroxyl groups excluding tert-OH is 1. The number of carbonyl (C=O) groups is 1. The molecule has 1 aliphatic rings. The lowest BCUT2D eigenvalue weighted by Crippen LogP contribution is -2.28. The normalized spacial score (nSPS) is 17.7. The van der Waals surface area contributed by atoms with Crippen molar-refractivity contribution in [1.29, 1.82) is 0 Å². The first-order valence-corrected chi connectivity index (χ1v) is 8.53. The van der Waals surface area contributed by atoms with Crippen molar-refractivity contribution in [2.75, 3.05) is 26.8 Å². The number of hydrogen-bond donors (Lipinski definition) is 1. The molecule has 5 nitrogen and oxygen atoms in total. The van der Waals surface area contributed by atoms with E-state index in [-0.39, 0.29) is 12.5 Å². The Morgan fingerprint density at radius 1 is 1.42 bits per heavy atom. The van der Waals surface area contributed by atoms with E-state index in [0.717, 1.165) is 48.9 Å². The molecule has 5 heteroatoms. The zero-order valence-electron chi connectivity index (χ0n) is 14.6. The summed E-state index contributed by atoms with van der Waals surface area (Å²) < 4.78 is 11.3. The van der Waals surface area contributed by atoms with Crippen LogP contribution in [-0.4, -0.2) is 42.7 Å². The Morgan fingerprint density at radius 3 is 2.92 bits per heavy atom. The zero-order chi connectivity index (χ0) is 17.3. The van der Waals surface area contributed by atoms with Crippen molar-refractivity contribution in [2.45, 2.75) is 33.1 Å². The van der Waals surface area contributed by atoms with E-state index in [9.17, 15) is 4.79 Å². The van der Waals surface area contributed by atoms with Gasteiger partial charge in [0.1, 0.15) is 0 Å². The van der Waals surface area contributed by atoms with Crippen LogP contribution in [0, 0.1) is 19.8 Å². The van der Waals surface area contributed by atoms with Crippen LogP contribution in [-0.2, 0) is 0 Å². The molecule has 0 radical (unpaired) electrons. The lowest BCUT2D eigenvalue weighted by molar-refractivity contribution is 0.0756. The van der Waals surface area contributed by atoms with Crippen molar-refractivity contribution in [1.82, 2.24) is 4.90 Å². The molecule has 1 aromatic heterocycles. The number of likely N-dealkylation sites (tertiary alicyclic amines) is 1. The monoisotopic (exact) mass is 331 g/mol. The number of aryl methyl sites for hydroxylation is 2. The number of amides is 1. The van der Waals surface area contributed by atoms with Crippen molar-refractivity contribution in [3.63, 3.8) is 0 Å². The largest absolute Gasteiger partial charge is 0.493 e. The van der Waals surface area contributed by atoms with Gasteiger partial charge in [-0.25, -0.2) is 0 Å². The van der Waals surface area contributed by atoms with Gasteiger partial charge in [-0.15, -0.1) is 0 Å². The first-order chi connectivity index (χ1) is 11.5. The number of rotatable bonds is 5. The molecule has 3 rings (SSSR count). The van der Waals surface area contributed by atoms with E-state index in [1.165, 1.54) is 0 Å². The highest BCUT2D eigenvalue weighted by Gasteiger charge is 2.30. The molecule has 2 aromatic rings. The molecule has 1 unspecified atom stereocenters. The molecule has 1 fully saturated rings. The van der Waals surface area contributed by atoms with E-state index in [0.29, 0.717) is 23.0 Å². The molecule has 1 atom stereocenters. The molecule has 1 saturated heterocycles. The number of carbonyl (C=O) groups excluding carboxylic acids is 1. The summed E-state index contributed by atoms with van der Waals surface area (Å²) in [6.07, 6.45) is 2.76. The SMILES string of the molecule is COc1cc(C)cc2c(C)c(C(=O)N3CCC(CCCO)C3)oc12. The van der Waals surface area contributed by atoms with Gasteiger partial charge in [-0.2, -0.15) is 0 Å². The average molecular weight is 331 g/mol. The number of aliphatic hydroxyl groups is 1. The Labute approximate surface area is 142 Å². The van der Waals surface area contributed by atoms with Crippen molar-refractivity contribution >= 4 is 16.9 Å². The van der Waals surface area contributed by atoms with Crippen molar-refractivity contribution in [3.05, 3.63) is 29.0 Å². The quantitative estimate of drug-likeness (QED) is 0.913. The molecule has 0 bridgehead atoms. The van der Waals surface area contributed by atoms with Crippen LogP contribution < -0.4 is 4.74 Å². The van der Waals surface area contributed by atoms with Gasteiger partial charge in [-0.1, -0.05) is 0 Å². The fraction of sp³-hybridized carbons (Fsp3) is 0.526. The van der Waals surface area contributed by atoms with E-state index in [1.54, 1.807) is 7.11 Å². The molecular weight excluding hydrogens is 306 g/mol. The third-order valence-corrected chi connectivity index (χ3v) is 4.91. The molecule has 1 aromatic carbocycles. The second-order valence-electron chi connectivity index (χ2n) is 6.67. The van der Waals surface area contributed by atoms with Gasteiger partial charge in [-0.3, -0.25) is 4.79 Å². The fourth-order valence-corrected chi connectivity index (χ4v) is 3.56. The minimum absolute atomic E-state index is 0.0464. The molecule has 1 amide bonds. The maximum absolute atomic E-state index is 12.9. The Hall–Kier alpha value is -2.01. The van der Waals surface area contributed by atoms with Crippen LogP contribution in [0.25, 0.3) is 11.0 Å². The first kappa shape index (κ1) is 16.8. The third kappa shape index (κ3) is 3.00. The summed E-state index contributed by atoms with van der Waals surface area (Å²) in [6.45, 7) is 5.64. The van der Waals surface area contributed by atoms with E-state index < -0.39 is 0 Å². The summed E-state index contributed by atoms with van der Waals surface area (Å²) >= 11 is 0. The minimum atomic E-state index is -0.0464. The topological polar surface area (TPSA) is 62.9 Å². The van der Waals surface area contributed by atoms with Crippen molar-refractivity contribution < 1.29 is 19.1 Å². The first-order valence-electron chi connectivity index (χ1n) is 8.53. The summed E-state index contributed by atoms with van der Waals surface area (Å²) in [5, 5.41) is 9.90. The highest BCUT2D eigenvalue weighted by Crippen LogP contribution is 2.35. The van der Waals surface area contributed by atoms with Crippen LogP contribution in [0.3, 0.4) is 0 Å². The van der Waals surface area contributed by atoms with E-state index in [1.807, 2.05) is 30.9 Å². The zero-order valence-corrected chi connectivity index (χ0v) is 14.6. The smallest absolute Gasteiger partial charge is 0.289 e. The molecule has 1 aliphatic heterocycles. The number of nitrogens with zero attached hydrogens (tertiary/aromatic N) is 1. The minimum Gasteiger partial charge on any atom is -0.493 e. The van der Waals surface area contributed by atoms with Crippen LogP contribution in [0.1, 0.15) is 40.9 Å². The molecule has 1 N–H and O–H groups in total. The molecule has 24 heavy (non-hydrogen) atoms. The van der Waals surface area contributed by atoms with Crippen LogP contribution in [0.2, 0.25) is 0 Å². The molecular formula is C19H25NO4. The van der Waals surface area contributed by atoms with Crippen molar-refractivity contribution in [2.24, 2.45) is 5.92 Å². The number of ether oxygens (including phenoxy) is 1. The Bertz CT molecular complexity index is 749. The van der Waals surface area contributed by atoms with Crippen molar-refractivity contribution in [3.8, 4) is 5.75 Å². The summed E-state index contributed by atoms with van der Waals surface area (Å²) in [5.74, 6) is 1.50. The number of methoxy groups -OCH3 is 1. The van der Waals surface area contributed by atoms with Gasteiger partial charge in [0.15, 0.2) is 17.1 Å². The average Bonchev–Trinajstić information content (AvgIpc) is 3.17. The van der Waals surface area contributed by atoms with Gasteiger partial charge in [-0.05, 0) is 56.7 Å². The summed E-state index contributed by atoms with van der Waals surface area (Å²) in [7, 11) is 1.61. The molecule has 0 saturated carbocycles. The Kier molecular flexibility index (Phi) is 4.81. The second-order valence-corrected chi connectivity index (χ2v) is 6.67. The van der Waals surface area contributed by atoms with E-state index in [4.69, 9.17) is 14.3 Å². The maximum atomic E-state index is 12.9. The molecule has 130 valence electrons. The van der Waals surface area contributed by atoms with E-state index in [2.05, 4.69) is 0 Å². The van der Waals surface area contributed by atoms with Gasteiger partial charge in [0.25, 0.3) is 5.91 Å².